The van der Waals surface area contributed by atoms with Gasteiger partial charge in [-0.05, 0) is 36.8 Å². The number of carbonyl (C=O) groups is 1. The number of non-ortho nitro benzene ring substituents is 1. The number of hydrazone groups is 1. The SMILES string of the molecule is Cc1ccc(S(=O)(=O)NC(=O)N2N=C(c3ccc([N+](=O)[O-])cc3)CC2C(Cl)Cl)cc1. The Labute approximate surface area is 182 Å². The molecule has 0 saturated heterocycles. The van der Waals surface area contributed by atoms with E-state index in [1.165, 1.54) is 36.4 Å². The maximum absolute atomic E-state index is 12.7. The normalized spacial score (nSPS) is 16.5. The van der Waals surface area contributed by atoms with Crippen LogP contribution >= 0.6 is 23.2 Å². The van der Waals surface area contributed by atoms with Gasteiger partial charge < -0.3 is 0 Å². The number of nitro groups is 1. The number of alkyl halides is 2. The van der Waals surface area contributed by atoms with Gasteiger partial charge in [-0.2, -0.15) is 5.10 Å². The fraction of sp³-hybridized carbons (Fsp3) is 0.222. The summed E-state index contributed by atoms with van der Waals surface area (Å²) in [5, 5.41) is 15.9. The van der Waals surface area contributed by atoms with E-state index >= 15 is 0 Å². The first-order chi connectivity index (χ1) is 14.1. The molecule has 0 spiro atoms. The van der Waals surface area contributed by atoms with Crippen LogP contribution in [-0.4, -0.2) is 41.0 Å². The molecule has 0 aromatic heterocycles. The third-order valence-corrected chi connectivity index (χ3v) is 6.33. The number of carbonyl (C=O) groups excluding carboxylic acids is 1. The number of nitrogens with one attached hydrogen (secondary N) is 1. The third kappa shape index (κ3) is 4.72. The summed E-state index contributed by atoms with van der Waals surface area (Å²) in [5.41, 5.74) is 1.69. The predicted octanol–water partition coefficient (Wildman–Crippen LogP) is 3.58. The summed E-state index contributed by atoms with van der Waals surface area (Å²) in [7, 11) is -4.13. The molecule has 12 heteroatoms. The zero-order chi connectivity index (χ0) is 22.1. The molecule has 3 rings (SSSR count). The molecule has 0 aliphatic carbocycles. The minimum absolute atomic E-state index is 0.0786. The van der Waals surface area contributed by atoms with Crippen LogP contribution in [0, 0.1) is 17.0 Å². The van der Waals surface area contributed by atoms with Crippen LogP contribution in [0.3, 0.4) is 0 Å². The highest BCUT2D eigenvalue weighted by Crippen LogP contribution is 2.28. The van der Waals surface area contributed by atoms with Crippen molar-refractivity contribution in [2.75, 3.05) is 0 Å². The van der Waals surface area contributed by atoms with E-state index in [0.717, 1.165) is 10.6 Å². The van der Waals surface area contributed by atoms with E-state index < -0.39 is 31.9 Å². The van der Waals surface area contributed by atoms with Crippen molar-refractivity contribution in [3.05, 3.63) is 69.8 Å². The van der Waals surface area contributed by atoms with E-state index in [1.807, 2.05) is 4.72 Å². The second kappa shape index (κ2) is 8.58. The minimum Gasteiger partial charge on any atom is -0.258 e. The van der Waals surface area contributed by atoms with Gasteiger partial charge in [0.1, 0.15) is 4.84 Å². The number of urea groups is 1. The number of halogens is 2. The van der Waals surface area contributed by atoms with Crippen molar-refractivity contribution < 1.29 is 18.1 Å². The molecule has 2 aromatic carbocycles. The summed E-state index contributed by atoms with van der Waals surface area (Å²) in [6.45, 7) is 1.80. The van der Waals surface area contributed by atoms with E-state index in [-0.39, 0.29) is 17.0 Å². The van der Waals surface area contributed by atoms with Gasteiger partial charge in [0.15, 0.2) is 0 Å². The number of aryl methyl sites for hydroxylation is 1. The van der Waals surface area contributed by atoms with Crippen molar-refractivity contribution in [3.63, 3.8) is 0 Å². The Morgan fingerprint density at radius 3 is 2.33 bits per heavy atom. The smallest absolute Gasteiger partial charge is 0.258 e. The monoisotopic (exact) mass is 470 g/mol. The molecule has 0 saturated carbocycles. The van der Waals surface area contributed by atoms with Crippen molar-refractivity contribution in [1.82, 2.24) is 9.73 Å². The van der Waals surface area contributed by atoms with Crippen molar-refractivity contribution in [3.8, 4) is 0 Å². The quantitative estimate of drug-likeness (QED) is 0.406. The molecule has 1 N–H and O–H groups in total. The number of sulfonamides is 1. The zero-order valence-corrected chi connectivity index (χ0v) is 17.9. The van der Waals surface area contributed by atoms with Gasteiger partial charge in [0.2, 0.25) is 0 Å². The van der Waals surface area contributed by atoms with E-state index in [4.69, 9.17) is 23.2 Å². The Bertz CT molecular complexity index is 1100. The van der Waals surface area contributed by atoms with Crippen molar-refractivity contribution in [2.45, 2.75) is 29.1 Å². The van der Waals surface area contributed by atoms with Crippen LogP contribution in [0.25, 0.3) is 0 Å². The number of hydrogen-bond donors (Lipinski definition) is 1. The molecule has 1 aliphatic rings. The van der Waals surface area contributed by atoms with Crippen LogP contribution in [0.15, 0.2) is 58.5 Å². The maximum Gasteiger partial charge on any atom is 0.352 e. The number of nitrogens with zero attached hydrogens (tertiary/aromatic N) is 3. The van der Waals surface area contributed by atoms with Gasteiger partial charge in [0.05, 0.1) is 21.6 Å². The largest absolute Gasteiger partial charge is 0.352 e. The van der Waals surface area contributed by atoms with Gasteiger partial charge in [0.25, 0.3) is 15.7 Å². The van der Waals surface area contributed by atoms with Crippen molar-refractivity contribution in [2.24, 2.45) is 5.10 Å². The lowest BCUT2D eigenvalue weighted by Crippen LogP contribution is -2.45. The summed E-state index contributed by atoms with van der Waals surface area (Å²) in [4.78, 5) is 21.8. The summed E-state index contributed by atoms with van der Waals surface area (Å²) < 4.78 is 27.0. The molecule has 2 aromatic rings. The molecule has 9 nitrogen and oxygen atoms in total. The van der Waals surface area contributed by atoms with E-state index in [1.54, 1.807) is 19.1 Å². The Morgan fingerprint density at radius 2 is 1.80 bits per heavy atom. The molecular formula is C18H16Cl2N4O5S. The van der Waals surface area contributed by atoms with Crippen LogP contribution in [0.2, 0.25) is 0 Å². The molecule has 30 heavy (non-hydrogen) atoms. The number of benzene rings is 2. The highest BCUT2D eigenvalue weighted by Gasteiger charge is 2.37. The van der Waals surface area contributed by atoms with Gasteiger partial charge in [-0.3, -0.25) is 10.1 Å². The summed E-state index contributed by atoms with van der Waals surface area (Å²) in [5.74, 6) is 0. The van der Waals surface area contributed by atoms with Crippen molar-refractivity contribution >= 4 is 50.7 Å². The molecule has 0 bridgehead atoms. The molecule has 1 unspecified atom stereocenters. The minimum atomic E-state index is -4.13. The molecule has 0 fully saturated rings. The van der Waals surface area contributed by atoms with E-state index in [0.29, 0.717) is 11.3 Å². The van der Waals surface area contributed by atoms with E-state index in [2.05, 4.69) is 5.10 Å². The first kappa shape index (κ1) is 22.0. The average Bonchev–Trinajstić information content (AvgIpc) is 3.14. The first-order valence-electron chi connectivity index (χ1n) is 8.61. The van der Waals surface area contributed by atoms with Gasteiger partial charge in [0, 0.05) is 18.6 Å². The van der Waals surface area contributed by atoms with Gasteiger partial charge >= 0.3 is 6.03 Å². The number of rotatable bonds is 5. The summed E-state index contributed by atoms with van der Waals surface area (Å²) in [6.07, 6.45) is 0.146. The van der Waals surface area contributed by atoms with E-state index in [9.17, 15) is 23.3 Å². The lowest BCUT2D eigenvalue weighted by atomic mass is 10.0. The molecule has 2 amide bonds. The molecule has 1 aliphatic heterocycles. The first-order valence-corrected chi connectivity index (χ1v) is 11.0. The topological polar surface area (TPSA) is 122 Å². The Balaban J connectivity index is 1.85. The molecule has 1 atom stereocenters. The number of hydrogen-bond acceptors (Lipinski definition) is 6. The second-order valence-electron chi connectivity index (χ2n) is 6.52. The van der Waals surface area contributed by atoms with Crippen molar-refractivity contribution in [1.29, 1.82) is 0 Å². The Kier molecular flexibility index (Phi) is 6.30. The van der Waals surface area contributed by atoms with Crippen LogP contribution in [0.1, 0.15) is 17.5 Å². The van der Waals surface area contributed by atoms with Crippen LogP contribution in [0.5, 0.6) is 0 Å². The lowest BCUT2D eigenvalue weighted by Gasteiger charge is -2.22. The standard InChI is InChI=1S/C18H16Cl2N4O5S/c1-11-2-8-14(9-3-11)30(28,29)22-18(25)23-16(17(19)20)10-15(21-23)12-4-6-13(7-5-12)24(26)27/h2-9,16-17H,10H2,1H3,(H,22,25). The van der Waals surface area contributed by atoms with Crippen LogP contribution in [-0.2, 0) is 10.0 Å². The molecule has 1 heterocycles. The van der Waals surface area contributed by atoms with Gasteiger partial charge in [-0.15, -0.1) is 23.2 Å². The van der Waals surface area contributed by atoms with Gasteiger partial charge in [-0.25, -0.2) is 22.9 Å². The average molecular weight is 471 g/mol. The Morgan fingerprint density at radius 1 is 1.20 bits per heavy atom. The maximum atomic E-state index is 12.7. The third-order valence-electron chi connectivity index (χ3n) is 4.41. The number of nitro benzene ring substituents is 1. The lowest BCUT2D eigenvalue weighted by molar-refractivity contribution is -0.384. The summed E-state index contributed by atoms with van der Waals surface area (Å²) in [6, 6.07) is 9.72. The fourth-order valence-electron chi connectivity index (χ4n) is 2.81. The summed E-state index contributed by atoms with van der Waals surface area (Å²) >= 11 is 12.0. The number of amides is 2. The fourth-order valence-corrected chi connectivity index (χ4v) is 4.14. The highest BCUT2D eigenvalue weighted by atomic mass is 35.5. The predicted molar refractivity (Wildman–Crippen MR) is 112 cm³/mol. The van der Waals surface area contributed by atoms with Crippen LogP contribution < -0.4 is 4.72 Å². The van der Waals surface area contributed by atoms with Crippen LogP contribution in [0.4, 0.5) is 10.5 Å². The molecular weight excluding hydrogens is 455 g/mol. The van der Waals surface area contributed by atoms with Gasteiger partial charge in [-0.1, -0.05) is 17.7 Å². The Hall–Kier alpha value is -2.69. The second-order valence-corrected chi connectivity index (χ2v) is 9.37. The zero-order valence-electron chi connectivity index (χ0n) is 15.5. The highest BCUT2D eigenvalue weighted by molar-refractivity contribution is 7.90. The molecule has 0 radical (unpaired) electrons. The molecule has 158 valence electrons.